The van der Waals surface area contributed by atoms with E-state index >= 15 is 0 Å². The van der Waals surface area contributed by atoms with Crippen molar-refractivity contribution in [1.82, 2.24) is 9.99 Å². The predicted molar refractivity (Wildman–Crippen MR) is 146 cm³/mol. The van der Waals surface area contributed by atoms with Crippen molar-refractivity contribution < 1.29 is 40.7 Å². The number of carbonyl (C=O) groups excluding carboxylic acids is 2. The second-order valence-electron chi connectivity index (χ2n) is 9.18. The number of rotatable bonds is 5. The Labute approximate surface area is 243 Å². The molecule has 0 radical (unpaired) electrons. The SMILES string of the molecule is COC(=O)c1cccc(-c2nc3c(C4SC(c5ccc(F)c(F)c5)=NN4C(=O)c4c(F)cc(F)cc4F)cccc3o2)c1. The maximum Gasteiger partial charge on any atom is 0.337 e. The van der Waals surface area contributed by atoms with Crippen molar-refractivity contribution in [2.45, 2.75) is 5.37 Å². The molecule has 1 atom stereocenters. The highest BCUT2D eigenvalue weighted by molar-refractivity contribution is 8.14. The fourth-order valence-corrected chi connectivity index (χ4v) is 5.65. The molecule has 1 aliphatic rings. The highest BCUT2D eigenvalue weighted by atomic mass is 32.2. The van der Waals surface area contributed by atoms with E-state index < -0.39 is 51.9 Å². The second-order valence-corrected chi connectivity index (χ2v) is 10.3. The molecule has 0 fully saturated rings. The molecule has 5 aromatic rings. The van der Waals surface area contributed by atoms with E-state index in [2.05, 4.69) is 10.1 Å². The maximum absolute atomic E-state index is 14.7. The van der Waals surface area contributed by atoms with Crippen LogP contribution in [0.5, 0.6) is 0 Å². The number of methoxy groups -OCH3 is 1. The number of halogens is 5. The first-order valence-electron chi connectivity index (χ1n) is 12.4. The van der Waals surface area contributed by atoms with Crippen LogP contribution in [0, 0.1) is 29.1 Å². The summed E-state index contributed by atoms with van der Waals surface area (Å²) in [5, 5.41) is 3.89. The third-order valence-corrected chi connectivity index (χ3v) is 7.70. The predicted octanol–water partition coefficient (Wildman–Crippen LogP) is 7.23. The lowest BCUT2D eigenvalue weighted by Gasteiger charge is -2.21. The fraction of sp³-hybridized carbons (Fsp3) is 0.0667. The Bertz CT molecular complexity index is 1960. The molecule has 1 amide bonds. The van der Waals surface area contributed by atoms with Crippen LogP contribution in [0.4, 0.5) is 22.0 Å². The Morgan fingerprint density at radius 2 is 1.60 bits per heavy atom. The van der Waals surface area contributed by atoms with Crippen LogP contribution in [-0.2, 0) is 4.74 Å². The lowest BCUT2D eigenvalue weighted by Crippen LogP contribution is -2.28. The molecule has 1 unspecified atom stereocenters. The maximum atomic E-state index is 14.7. The lowest BCUT2D eigenvalue weighted by molar-refractivity contribution is 0.0600. The highest BCUT2D eigenvalue weighted by Crippen LogP contribution is 2.45. The minimum Gasteiger partial charge on any atom is -0.465 e. The summed E-state index contributed by atoms with van der Waals surface area (Å²) in [6.07, 6.45) is 0. The Kier molecular flexibility index (Phi) is 7.18. The number of oxazole rings is 1. The molecule has 0 spiro atoms. The second kappa shape index (κ2) is 11.0. The number of esters is 1. The number of hydrazone groups is 1. The van der Waals surface area contributed by atoms with Gasteiger partial charge in [-0.1, -0.05) is 30.0 Å². The van der Waals surface area contributed by atoms with E-state index in [1.54, 1.807) is 36.4 Å². The number of nitrogens with zero attached hydrogens (tertiary/aromatic N) is 3. The van der Waals surface area contributed by atoms with E-state index in [1.807, 2.05) is 0 Å². The molecule has 216 valence electrons. The molecular weight excluding hydrogens is 593 g/mol. The van der Waals surface area contributed by atoms with E-state index in [1.165, 1.54) is 19.2 Å². The highest BCUT2D eigenvalue weighted by Gasteiger charge is 2.38. The van der Waals surface area contributed by atoms with Crippen LogP contribution in [0.1, 0.15) is 37.2 Å². The van der Waals surface area contributed by atoms with Crippen molar-refractivity contribution >= 4 is 39.8 Å². The van der Waals surface area contributed by atoms with Crippen LogP contribution in [0.25, 0.3) is 22.6 Å². The first-order valence-corrected chi connectivity index (χ1v) is 13.3. The molecule has 4 aromatic carbocycles. The van der Waals surface area contributed by atoms with Gasteiger partial charge in [0.1, 0.15) is 38.9 Å². The number of para-hydroxylation sites is 1. The van der Waals surface area contributed by atoms with Crippen molar-refractivity contribution in [1.29, 1.82) is 0 Å². The molecule has 0 N–H and O–H groups in total. The van der Waals surface area contributed by atoms with Crippen LogP contribution in [0.2, 0.25) is 0 Å². The first kappa shape index (κ1) is 28.1. The monoisotopic (exact) mass is 609 g/mol. The van der Waals surface area contributed by atoms with Gasteiger partial charge in [0, 0.05) is 28.8 Å². The minimum atomic E-state index is -1.45. The Hall–Kier alpha value is -5.04. The number of hydrogen-bond donors (Lipinski definition) is 0. The lowest BCUT2D eigenvalue weighted by atomic mass is 10.1. The molecular formula is C30H16F5N3O4S. The molecule has 0 saturated carbocycles. The quantitative estimate of drug-likeness (QED) is 0.155. The molecule has 0 bridgehead atoms. The van der Waals surface area contributed by atoms with E-state index in [-0.39, 0.29) is 33.2 Å². The van der Waals surface area contributed by atoms with Gasteiger partial charge in [0.15, 0.2) is 17.2 Å². The van der Waals surface area contributed by atoms with Crippen LogP contribution < -0.4 is 0 Å². The zero-order valence-electron chi connectivity index (χ0n) is 21.8. The van der Waals surface area contributed by atoms with Gasteiger partial charge in [-0.25, -0.2) is 36.7 Å². The summed E-state index contributed by atoms with van der Waals surface area (Å²) in [6.45, 7) is 0. The van der Waals surface area contributed by atoms with Crippen LogP contribution in [-0.4, -0.2) is 34.0 Å². The molecule has 0 saturated heterocycles. The van der Waals surface area contributed by atoms with Gasteiger partial charge in [-0.05, 0) is 42.5 Å². The van der Waals surface area contributed by atoms with Gasteiger partial charge < -0.3 is 9.15 Å². The zero-order valence-corrected chi connectivity index (χ0v) is 22.6. The number of ether oxygens (including phenoxy) is 1. The molecule has 1 aromatic heterocycles. The number of thioether (sulfide) groups is 1. The zero-order chi connectivity index (χ0) is 30.4. The van der Waals surface area contributed by atoms with Gasteiger partial charge in [-0.3, -0.25) is 4.79 Å². The third kappa shape index (κ3) is 5.12. The van der Waals surface area contributed by atoms with Gasteiger partial charge in [-0.2, -0.15) is 5.10 Å². The van der Waals surface area contributed by atoms with Gasteiger partial charge in [0.25, 0.3) is 5.91 Å². The van der Waals surface area contributed by atoms with Crippen LogP contribution in [0.15, 0.2) is 82.3 Å². The number of amides is 1. The summed E-state index contributed by atoms with van der Waals surface area (Å²) >= 11 is 0.911. The van der Waals surface area contributed by atoms with Crippen molar-refractivity contribution in [3.05, 3.63) is 124 Å². The average molecular weight is 610 g/mol. The number of fused-ring (bicyclic) bond motifs is 1. The van der Waals surface area contributed by atoms with Crippen LogP contribution in [0.3, 0.4) is 0 Å². The van der Waals surface area contributed by atoms with Crippen molar-refractivity contribution in [3.8, 4) is 11.5 Å². The largest absolute Gasteiger partial charge is 0.465 e. The van der Waals surface area contributed by atoms with Crippen LogP contribution >= 0.6 is 11.8 Å². The van der Waals surface area contributed by atoms with E-state index in [4.69, 9.17) is 9.15 Å². The summed E-state index contributed by atoms with van der Waals surface area (Å²) in [5.74, 6) is -8.11. The Morgan fingerprint density at radius 3 is 2.33 bits per heavy atom. The standard InChI is InChI=1S/C30H16F5N3O4S/c1-41-30(40)16-5-2-4-14(10-16)26-36-25-18(6-3-7-23(25)42-26)29-38(28(39)24-21(34)12-17(31)13-22(24)35)37-27(43-29)15-8-9-19(32)20(33)11-15/h2-13,29H,1H3. The number of hydrogen-bond acceptors (Lipinski definition) is 7. The summed E-state index contributed by atoms with van der Waals surface area (Å²) < 4.78 is 81.4. The average Bonchev–Trinajstić information content (AvgIpc) is 3.63. The number of benzene rings is 4. The molecule has 7 nitrogen and oxygen atoms in total. The van der Waals surface area contributed by atoms with Gasteiger partial charge >= 0.3 is 5.97 Å². The topological polar surface area (TPSA) is 85.0 Å². The van der Waals surface area contributed by atoms with Gasteiger partial charge in [0.05, 0.1) is 12.7 Å². The van der Waals surface area contributed by atoms with Gasteiger partial charge in [0.2, 0.25) is 5.89 Å². The van der Waals surface area contributed by atoms with Crippen molar-refractivity contribution in [2.75, 3.05) is 7.11 Å². The normalized spacial score (nSPS) is 14.7. The third-order valence-electron chi connectivity index (χ3n) is 6.49. The van der Waals surface area contributed by atoms with Gasteiger partial charge in [-0.15, -0.1) is 0 Å². The fourth-order valence-electron chi connectivity index (χ4n) is 4.48. The molecule has 0 aliphatic carbocycles. The smallest absolute Gasteiger partial charge is 0.337 e. The molecule has 1 aliphatic heterocycles. The number of aromatic nitrogens is 1. The van der Waals surface area contributed by atoms with E-state index in [9.17, 15) is 31.5 Å². The van der Waals surface area contributed by atoms with Crippen molar-refractivity contribution in [3.63, 3.8) is 0 Å². The number of carbonyl (C=O) groups is 2. The summed E-state index contributed by atoms with van der Waals surface area (Å²) in [4.78, 5) is 30.1. The van der Waals surface area contributed by atoms with E-state index in [0.717, 1.165) is 28.9 Å². The van der Waals surface area contributed by atoms with E-state index in [0.29, 0.717) is 23.3 Å². The summed E-state index contributed by atoms with van der Waals surface area (Å²) in [6, 6.07) is 14.8. The molecule has 43 heavy (non-hydrogen) atoms. The Morgan fingerprint density at radius 1 is 0.860 bits per heavy atom. The Balaban J connectivity index is 1.47. The summed E-state index contributed by atoms with van der Waals surface area (Å²) in [7, 11) is 1.24. The first-order chi connectivity index (χ1) is 20.6. The minimum absolute atomic E-state index is 0.0340. The molecule has 13 heteroatoms. The molecule has 6 rings (SSSR count). The van der Waals surface area contributed by atoms with Crippen molar-refractivity contribution in [2.24, 2.45) is 5.10 Å². The summed E-state index contributed by atoms with van der Waals surface area (Å²) in [5.41, 5.74) is 0.554. The molecule has 2 heterocycles.